The van der Waals surface area contributed by atoms with E-state index >= 15 is 0 Å². The Bertz CT molecular complexity index is 975. The number of benzene rings is 2. The van der Waals surface area contributed by atoms with Gasteiger partial charge >= 0.3 is 11.7 Å². The molecule has 10 heteroatoms. The Morgan fingerprint density at radius 2 is 1.90 bits per heavy atom. The summed E-state index contributed by atoms with van der Waals surface area (Å²) in [5, 5.41) is 13.5. The molecule has 0 aliphatic heterocycles. The molecule has 9 nitrogen and oxygen atoms in total. The lowest BCUT2D eigenvalue weighted by molar-refractivity contribution is -0.385. The normalized spacial score (nSPS) is 10.2. The number of Topliss-reactive ketones (excluding diaryl/α,β-unsaturated/α-hetero) is 1. The van der Waals surface area contributed by atoms with Gasteiger partial charge in [0.2, 0.25) is 11.7 Å². The lowest BCUT2D eigenvalue weighted by Crippen LogP contribution is -2.16. The molecule has 0 saturated carbocycles. The van der Waals surface area contributed by atoms with E-state index in [2.05, 4.69) is 5.32 Å². The van der Waals surface area contributed by atoms with Crippen LogP contribution in [0.3, 0.4) is 0 Å². The molecule has 0 fully saturated rings. The summed E-state index contributed by atoms with van der Waals surface area (Å²) in [6.45, 7) is 2.34. The number of nitrogens with one attached hydrogen (secondary N) is 1. The van der Waals surface area contributed by atoms with Gasteiger partial charge in [0.05, 0.1) is 22.7 Å². The van der Waals surface area contributed by atoms with Crippen LogP contribution in [0.4, 0.5) is 15.8 Å². The molecule has 0 aliphatic rings. The second-order valence-corrected chi connectivity index (χ2v) is 5.75. The molecule has 0 aromatic heterocycles. The first-order valence-corrected chi connectivity index (χ1v) is 8.41. The summed E-state index contributed by atoms with van der Waals surface area (Å²) in [6, 6.07) is 6.93. The van der Waals surface area contributed by atoms with Gasteiger partial charge in [-0.1, -0.05) is 0 Å². The van der Waals surface area contributed by atoms with Crippen LogP contribution in [-0.2, 0) is 9.53 Å². The van der Waals surface area contributed by atoms with E-state index in [0.717, 1.165) is 18.2 Å². The lowest BCUT2D eigenvalue weighted by Gasteiger charge is -2.08. The zero-order chi connectivity index (χ0) is 21.6. The predicted octanol–water partition coefficient (Wildman–Crippen LogP) is 3.13. The molecule has 1 N–H and O–H groups in total. The maximum Gasteiger partial charge on any atom is 0.338 e. The van der Waals surface area contributed by atoms with Crippen molar-refractivity contribution >= 4 is 29.0 Å². The van der Waals surface area contributed by atoms with Gasteiger partial charge in [-0.3, -0.25) is 19.7 Å². The fraction of sp³-hybridized carbons (Fsp3) is 0.211. The summed E-state index contributed by atoms with van der Waals surface area (Å²) < 4.78 is 24.0. The van der Waals surface area contributed by atoms with Gasteiger partial charge in [0.25, 0.3) is 0 Å². The monoisotopic (exact) mass is 404 g/mol. The molecule has 0 radical (unpaired) electrons. The van der Waals surface area contributed by atoms with Gasteiger partial charge in [-0.2, -0.15) is 0 Å². The molecule has 0 saturated heterocycles. The van der Waals surface area contributed by atoms with Gasteiger partial charge in [-0.05, 0) is 37.3 Å². The first-order chi connectivity index (χ1) is 13.7. The third kappa shape index (κ3) is 5.58. The van der Waals surface area contributed by atoms with Crippen LogP contribution in [0.5, 0.6) is 5.75 Å². The Kier molecular flexibility index (Phi) is 6.96. The number of amides is 1. The number of esters is 1. The molecule has 29 heavy (non-hydrogen) atoms. The quantitative estimate of drug-likeness (QED) is 0.310. The van der Waals surface area contributed by atoms with Crippen LogP contribution in [0.1, 0.15) is 34.6 Å². The molecule has 1 amide bonds. The minimum Gasteiger partial charge on any atom is -0.487 e. The van der Waals surface area contributed by atoms with Gasteiger partial charge in [0, 0.05) is 18.7 Å². The van der Waals surface area contributed by atoms with E-state index in [1.165, 1.54) is 25.1 Å². The van der Waals surface area contributed by atoms with Crippen LogP contribution < -0.4 is 10.1 Å². The number of hydrogen-bond acceptors (Lipinski definition) is 7. The second kappa shape index (κ2) is 9.40. The zero-order valence-electron chi connectivity index (χ0n) is 15.6. The van der Waals surface area contributed by atoms with E-state index in [-0.39, 0.29) is 29.2 Å². The number of rotatable bonds is 8. The van der Waals surface area contributed by atoms with Gasteiger partial charge in [-0.25, -0.2) is 9.18 Å². The fourth-order valence-electron chi connectivity index (χ4n) is 2.38. The number of carbonyl (C=O) groups is 3. The summed E-state index contributed by atoms with van der Waals surface area (Å²) in [4.78, 5) is 45.6. The Balaban J connectivity index is 2.09. The Hall–Kier alpha value is -3.82. The molecular weight excluding hydrogens is 387 g/mol. The van der Waals surface area contributed by atoms with Gasteiger partial charge in [0.15, 0.2) is 12.4 Å². The molecule has 2 aromatic carbocycles. The minimum atomic E-state index is -0.986. The largest absolute Gasteiger partial charge is 0.487 e. The summed E-state index contributed by atoms with van der Waals surface area (Å²) in [5.41, 5.74) is -0.739. The Morgan fingerprint density at radius 1 is 1.17 bits per heavy atom. The summed E-state index contributed by atoms with van der Waals surface area (Å²) in [5.74, 6) is -3.10. The SMILES string of the molecule is CCOc1ccc(C(=O)OCC(=O)c2ccc(NC(C)=O)cc2F)cc1[N+](=O)[O-]. The number of ether oxygens (including phenoxy) is 2. The topological polar surface area (TPSA) is 125 Å². The van der Waals surface area contributed by atoms with Crippen molar-refractivity contribution in [1.82, 2.24) is 0 Å². The van der Waals surface area contributed by atoms with Gasteiger partial charge in [-0.15, -0.1) is 0 Å². The number of nitrogens with zero attached hydrogens (tertiary/aromatic N) is 1. The first kappa shape index (κ1) is 21.5. The highest BCUT2D eigenvalue weighted by atomic mass is 19.1. The van der Waals surface area contributed by atoms with Crippen molar-refractivity contribution in [2.24, 2.45) is 0 Å². The van der Waals surface area contributed by atoms with Crippen molar-refractivity contribution in [3.63, 3.8) is 0 Å². The average molecular weight is 404 g/mol. The zero-order valence-corrected chi connectivity index (χ0v) is 15.6. The molecule has 2 rings (SSSR count). The molecule has 0 spiro atoms. The molecule has 0 unspecified atom stereocenters. The fourth-order valence-corrected chi connectivity index (χ4v) is 2.38. The summed E-state index contributed by atoms with van der Waals surface area (Å²) in [7, 11) is 0. The van der Waals surface area contributed by atoms with Crippen molar-refractivity contribution in [2.45, 2.75) is 13.8 Å². The van der Waals surface area contributed by atoms with Crippen molar-refractivity contribution < 1.29 is 33.2 Å². The third-order valence-corrected chi connectivity index (χ3v) is 3.62. The molecule has 152 valence electrons. The molecule has 0 atom stereocenters. The maximum absolute atomic E-state index is 14.1. The summed E-state index contributed by atoms with van der Waals surface area (Å²) >= 11 is 0. The number of nitro benzene ring substituents is 1. The molecule has 0 bridgehead atoms. The van der Waals surface area contributed by atoms with Crippen LogP contribution >= 0.6 is 0 Å². The Morgan fingerprint density at radius 3 is 2.48 bits per heavy atom. The van der Waals surface area contributed by atoms with Crippen LogP contribution in [0.25, 0.3) is 0 Å². The third-order valence-electron chi connectivity index (χ3n) is 3.62. The molecule has 0 aliphatic carbocycles. The number of nitro groups is 1. The van der Waals surface area contributed by atoms with Gasteiger partial charge in [0.1, 0.15) is 5.82 Å². The van der Waals surface area contributed by atoms with E-state index in [0.29, 0.717) is 0 Å². The van der Waals surface area contributed by atoms with E-state index in [1.54, 1.807) is 6.92 Å². The van der Waals surface area contributed by atoms with Gasteiger partial charge < -0.3 is 14.8 Å². The van der Waals surface area contributed by atoms with E-state index in [4.69, 9.17) is 9.47 Å². The van der Waals surface area contributed by atoms with Crippen molar-refractivity contribution in [3.05, 3.63) is 63.5 Å². The minimum absolute atomic E-state index is 0.00791. The Labute approximate surface area is 164 Å². The highest BCUT2D eigenvalue weighted by molar-refractivity contribution is 6.00. The van der Waals surface area contributed by atoms with Crippen molar-refractivity contribution in [1.29, 1.82) is 0 Å². The number of anilines is 1. The number of halogens is 1. The highest BCUT2D eigenvalue weighted by Gasteiger charge is 2.21. The second-order valence-electron chi connectivity index (χ2n) is 5.75. The van der Waals surface area contributed by atoms with Crippen LogP contribution in [0.2, 0.25) is 0 Å². The average Bonchev–Trinajstić information content (AvgIpc) is 2.65. The van der Waals surface area contributed by atoms with Crippen molar-refractivity contribution in [3.8, 4) is 5.75 Å². The molecule has 2 aromatic rings. The standard InChI is InChI=1S/C19H17FN2O7/c1-3-28-18-7-4-12(8-16(18)22(26)27)19(25)29-10-17(24)14-6-5-13(9-15(14)20)21-11(2)23/h4-9H,3,10H2,1-2H3,(H,21,23). The van der Waals surface area contributed by atoms with Crippen LogP contribution in [0, 0.1) is 15.9 Å². The number of ketones is 1. The van der Waals surface area contributed by atoms with E-state index in [9.17, 15) is 28.9 Å². The first-order valence-electron chi connectivity index (χ1n) is 8.41. The highest BCUT2D eigenvalue weighted by Crippen LogP contribution is 2.28. The molecule has 0 heterocycles. The number of carbonyl (C=O) groups excluding carboxylic acids is 3. The van der Waals surface area contributed by atoms with Crippen molar-refractivity contribution in [2.75, 3.05) is 18.5 Å². The summed E-state index contributed by atoms with van der Waals surface area (Å²) in [6.07, 6.45) is 0. The predicted molar refractivity (Wildman–Crippen MR) is 99.6 cm³/mol. The van der Waals surface area contributed by atoms with Crippen LogP contribution in [0.15, 0.2) is 36.4 Å². The molecular formula is C19H17FN2O7. The lowest BCUT2D eigenvalue weighted by atomic mass is 10.1. The van der Waals surface area contributed by atoms with E-state index in [1.807, 2.05) is 0 Å². The van der Waals surface area contributed by atoms with E-state index < -0.39 is 40.7 Å². The maximum atomic E-state index is 14.1. The van der Waals surface area contributed by atoms with Crippen LogP contribution in [-0.4, -0.2) is 35.8 Å². The smallest absolute Gasteiger partial charge is 0.338 e. The number of hydrogen-bond donors (Lipinski definition) is 1.